The Morgan fingerprint density at radius 1 is 1.80 bits per heavy atom. The van der Waals surface area contributed by atoms with Crippen molar-refractivity contribution in [3.63, 3.8) is 0 Å². The zero-order valence-electron chi connectivity index (χ0n) is 5.79. The first-order valence-electron chi connectivity index (χ1n) is 3.14. The number of carbonyl (C=O) groups is 1. The summed E-state index contributed by atoms with van der Waals surface area (Å²) in [6.07, 6.45) is 2.66. The lowest BCUT2D eigenvalue weighted by atomic mass is 10.2. The van der Waals surface area contributed by atoms with E-state index in [9.17, 15) is 4.79 Å². The average Bonchev–Trinajstić information content (AvgIpc) is 2.43. The molecule has 1 unspecified atom stereocenters. The molecule has 54 valence electrons. The Morgan fingerprint density at radius 3 is 3.00 bits per heavy atom. The van der Waals surface area contributed by atoms with Crippen molar-refractivity contribution < 1.29 is 4.79 Å². The average molecular weight is 138 g/mol. The molecule has 1 rings (SSSR count). The third-order valence-corrected chi connectivity index (χ3v) is 1.40. The van der Waals surface area contributed by atoms with E-state index in [-0.39, 0.29) is 6.04 Å². The molecule has 0 aliphatic carbocycles. The van der Waals surface area contributed by atoms with Crippen LogP contribution in [0.15, 0.2) is 18.3 Å². The van der Waals surface area contributed by atoms with Gasteiger partial charge in [0.25, 0.3) is 0 Å². The van der Waals surface area contributed by atoms with E-state index in [1.165, 1.54) is 0 Å². The molecule has 0 aliphatic rings. The summed E-state index contributed by atoms with van der Waals surface area (Å²) in [5.41, 5.74) is 0.900. The second-order valence-electron chi connectivity index (χ2n) is 2.03. The summed E-state index contributed by atoms with van der Waals surface area (Å²) in [5.74, 6) is 0. The van der Waals surface area contributed by atoms with Gasteiger partial charge in [-0.25, -0.2) is 0 Å². The molecule has 3 nitrogen and oxygen atoms in total. The van der Waals surface area contributed by atoms with Gasteiger partial charge in [0.15, 0.2) is 0 Å². The smallest absolute Gasteiger partial charge is 0.142 e. The van der Waals surface area contributed by atoms with Crippen LogP contribution in [-0.4, -0.2) is 18.3 Å². The number of likely N-dealkylation sites (N-methyl/N-ethyl adjacent to an activating group) is 1. The molecule has 1 heterocycles. The molecule has 0 amide bonds. The summed E-state index contributed by atoms with van der Waals surface area (Å²) in [4.78, 5) is 13.3. The Bertz CT molecular complexity index is 193. The van der Waals surface area contributed by atoms with Crippen molar-refractivity contribution in [3.8, 4) is 0 Å². The van der Waals surface area contributed by atoms with Gasteiger partial charge in [-0.15, -0.1) is 0 Å². The minimum Gasteiger partial charge on any atom is -0.363 e. The summed E-state index contributed by atoms with van der Waals surface area (Å²) in [7, 11) is 1.75. The maximum Gasteiger partial charge on any atom is 0.142 e. The zero-order chi connectivity index (χ0) is 7.40. The number of carbonyl (C=O) groups excluding carboxylic acids is 1. The van der Waals surface area contributed by atoms with Crippen LogP contribution < -0.4 is 5.32 Å². The molecule has 0 fully saturated rings. The van der Waals surface area contributed by atoms with Crippen LogP contribution in [0.3, 0.4) is 0 Å². The maximum atomic E-state index is 10.4. The molecule has 0 radical (unpaired) electrons. The fraction of sp³-hybridized carbons (Fsp3) is 0.286. The molecule has 3 heteroatoms. The highest BCUT2D eigenvalue weighted by atomic mass is 16.1. The number of rotatable bonds is 3. The number of aromatic amines is 1. The molecule has 10 heavy (non-hydrogen) atoms. The highest BCUT2D eigenvalue weighted by molar-refractivity contribution is 5.60. The standard InChI is InChI=1S/C7H10N2O/c1-8-7(5-10)6-3-2-4-9-6/h2-5,7-9H,1H3. The number of H-pyrrole nitrogens is 1. The van der Waals surface area contributed by atoms with Crippen molar-refractivity contribution in [2.45, 2.75) is 6.04 Å². The van der Waals surface area contributed by atoms with Gasteiger partial charge in [0, 0.05) is 11.9 Å². The van der Waals surface area contributed by atoms with Crippen molar-refractivity contribution in [2.24, 2.45) is 0 Å². The first-order chi connectivity index (χ1) is 4.88. The lowest BCUT2D eigenvalue weighted by Crippen LogP contribution is -2.17. The Morgan fingerprint density at radius 2 is 2.60 bits per heavy atom. The number of aromatic nitrogens is 1. The van der Waals surface area contributed by atoms with Crippen LogP contribution in [0, 0.1) is 0 Å². The van der Waals surface area contributed by atoms with Crippen LogP contribution in [0.5, 0.6) is 0 Å². The van der Waals surface area contributed by atoms with Gasteiger partial charge in [-0.1, -0.05) is 0 Å². The summed E-state index contributed by atoms with van der Waals surface area (Å²) >= 11 is 0. The molecule has 0 aromatic carbocycles. The lowest BCUT2D eigenvalue weighted by molar-refractivity contribution is -0.109. The van der Waals surface area contributed by atoms with Crippen molar-refractivity contribution >= 4 is 6.29 Å². The number of hydrogen-bond donors (Lipinski definition) is 2. The van der Waals surface area contributed by atoms with E-state index in [0.29, 0.717) is 0 Å². The van der Waals surface area contributed by atoms with Gasteiger partial charge in [-0.3, -0.25) is 0 Å². The number of nitrogens with one attached hydrogen (secondary N) is 2. The highest BCUT2D eigenvalue weighted by Gasteiger charge is 2.05. The summed E-state index contributed by atoms with van der Waals surface area (Å²) in [5, 5.41) is 2.85. The van der Waals surface area contributed by atoms with Gasteiger partial charge in [0.2, 0.25) is 0 Å². The highest BCUT2D eigenvalue weighted by Crippen LogP contribution is 2.04. The van der Waals surface area contributed by atoms with Crippen molar-refractivity contribution in [2.75, 3.05) is 7.05 Å². The quantitative estimate of drug-likeness (QED) is 0.596. The molecular formula is C7H10N2O. The molecule has 0 spiro atoms. The van der Waals surface area contributed by atoms with Crippen LogP contribution in [0.2, 0.25) is 0 Å². The van der Waals surface area contributed by atoms with Crippen LogP contribution in [-0.2, 0) is 4.79 Å². The van der Waals surface area contributed by atoms with Gasteiger partial charge in [-0.05, 0) is 19.2 Å². The number of hydrogen-bond acceptors (Lipinski definition) is 2. The molecule has 0 saturated carbocycles. The minimum absolute atomic E-state index is 0.199. The van der Waals surface area contributed by atoms with Crippen LogP contribution in [0.1, 0.15) is 11.7 Å². The van der Waals surface area contributed by atoms with Gasteiger partial charge in [0.1, 0.15) is 12.3 Å². The van der Waals surface area contributed by atoms with Gasteiger partial charge < -0.3 is 15.1 Å². The Kier molecular flexibility index (Phi) is 2.23. The molecule has 0 saturated heterocycles. The fourth-order valence-corrected chi connectivity index (χ4v) is 0.835. The molecule has 1 aromatic rings. The predicted octanol–water partition coefficient (Wildman–Crippen LogP) is 0.474. The van der Waals surface area contributed by atoms with E-state index in [4.69, 9.17) is 0 Å². The van der Waals surface area contributed by atoms with E-state index in [0.717, 1.165) is 12.0 Å². The lowest BCUT2D eigenvalue weighted by Gasteiger charge is -2.04. The molecular weight excluding hydrogens is 128 g/mol. The van der Waals surface area contributed by atoms with Gasteiger partial charge in [-0.2, -0.15) is 0 Å². The molecule has 0 aliphatic heterocycles. The van der Waals surface area contributed by atoms with Crippen molar-refractivity contribution in [3.05, 3.63) is 24.0 Å². The number of aldehydes is 1. The van der Waals surface area contributed by atoms with Crippen molar-refractivity contribution in [1.29, 1.82) is 0 Å². The summed E-state index contributed by atoms with van der Waals surface area (Å²) in [6.45, 7) is 0. The first-order valence-corrected chi connectivity index (χ1v) is 3.14. The predicted molar refractivity (Wildman–Crippen MR) is 38.7 cm³/mol. The zero-order valence-corrected chi connectivity index (χ0v) is 5.79. The monoisotopic (exact) mass is 138 g/mol. The third kappa shape index (κ3) is 1.25. The fourth-order valence-electron chi connectivity index (χ4n) is 0.835. The molecule has 1 atom stereocenters. The largest absolute Gasteiger partial charge is 0.363 e. The van der Waals surface area contributed by atoms with Crippen LogP contribution in [0.4, 0.5) is 0 Å². The van der Waals surface area contributed by atoms with E-state index in [1.807, 2.05) is 12.1 Å². The second-order valence-corrected chi connectivity index (χ2v) is 2.03. The van der Waals surface area contributed by atoms with Crippen molar-refractivity contribution in [1.82, 2.24) is 10.3 Å². The van der Waals surface area contributed by atoms with Crippen LogP contribution >= 0.6 is 0 Å². The normalized spacial score (nSPS) is 12.9. The topological polar surface area (TPSA) is 44.9 Å². The van der Waals surface area contributed by atoms with Crippen LogP contribution in [0.25, 0.3) is 0 Å². The molecule has 1 aromatic heterocycles. The minimum atomic E-state index is -0.199. The van der Waals surface area contributed by atoms with E-state index >= 15 is 0 Å². The van der Waals surface area contributed by atoms with E-state index in [2.05, 4.69) is 10.3 Å². The van der Waals surface area contributed by atoms with E-state index < -0.39 is 0 Å². The van der Waals surface area contributed by atoms with Gasteiger partial charge >= 0.3 is 0 Å². The first kappa shape index (κ1) is 7.02. The summed E-state index contributed by atoms with van der Waals surface area (Å²) in [6, 6.07) is 3.54. The second kappa shape index (κ2) is 3.17. The molecule has 2 N–H and O–H groups in total. The van der Waals surface area contributed by atoms with Gasteiger partial charge in [0.05, 0.1) is 0 Å². The van der Waals surface area contributed by atoms with E-state index in [1.54, 1.807) is 13.2 Å². The summed E-state index contributed by atoms with van der Waals surface area (Å²) < 4.78 is 0. The Hall–Kier alpha value is -1.09. The molecule has 0 bridgehead atoms. The SMILES string of the molecule is CNC(C=O)c1ccc[nH]1. The maximum absolute atomic E-state index is 10.4. The third-order valence-electron chi connectivity index (χ3n) is 1.40. The Labute approximate surface area is 59.4 Å². The Balaban J connectivity index is 2.73.